The number of oxazole rings is 1. The Morgan fingerprint density at radius 1 is 1.62 bits per heavy atom. The van der Waals surface area contributed by atoms with Crippen LogP contribution in [0, 0.1) is 0 Å². The van der Waals surface area contributed by atoms with E-state index in [1.165, 1.54) is 6.39 Å². The van der Waals surface area contributed by atoms with E-state index in [4.69, 9.17) is 4.42 Å². The van der Waals surface area contributed by atoms with Crippen LogP contribution in [0.3, 0.4) is 0 Å². The normalized spacial score (nSPS) is 10.2. The van der Waals surface area contributed by atoms with E-state index in [1.54, 1.807) is 10.9 Å². The van der Waals surface area contributed by atoms with E-state index >= 15 is 0 Å². The zero-order valence-electron chi connectivity index (χ0n) is 7.27. The maximum Gasteiger partial charge on any atom is 0.180 e. The van der Waals surface area contributed by atoms with Crippen LogP contribution < -0.4 is 5.32 Å². The molecule has 0 saturated carbocycles. The van der Waals surface area contributed by atoms with Crippen molar-refractivity contribution in [1.29, 1.82) is 0 Å². The Morgan fingerprint density at radius 3 is 3.15 bits per heavy atom. The molecule has 0 aliphatic rings. The molecule has 0 aliphatic heterocycles. The number of rotatable bonds is 3. The van der Waals surface area contributed by atoms with E-state index < -0.39 is 0 Å². The summed E-state index contributed by atoms with van der Waals surface area (Å²) in [5, 5.41) is 7.26. The number of aryl methyl sites for hydroxylation is 1. The number of hydrogen-bond donors (Lipinski definition) is 1. The first kappa shape index (κ1) is 7.85. The molecule has 13 heavy (non-hydrogen) atoms. The SMILES string of the molecule is Cn1ccc(NCc2cnco2)n1. The van der Waals surface area contributed by atoms with Gasteiger partial charge in [-0.05, 0) is 0 Å². The van der Waals surface area contributed by atoms with E-state index in [9.17, 15) is 0 Å². The average molecular weight is 178 g/mol. The maximum absolute atomic E-state index is 5.05. The fourth-order valence-corrected chi connectivity index (χ4v) is 1.02. The molecule has 0 amide bonds. The van der Waals surface area contributed by atoms with Crippen LogP contribution in [-0.2, 0) is 13.6 Å². The van der Waals surface area contributed by atoms with Crippen molar-refractivity contribution in [3.8, 4) is 0 Å². The Balaban J connectivity index is 1.93. The lowest BCUT2D eigenvalue weighted by Crippen LogP contribution is -1.99. The van der Waals surface area contributed by atoms with Gasteiger partial charge in [0.25, 0.3) is 0 Å². The van der Waals surface area contributed by atoms with Crippen molar-refractivity contribution in [3.63, 3.8) is 0 Å². The zero-order chi connectivity index (χ0) is 9.10. The van der Waals surface area contributed by atoms with Crippen molar-refractivity contribution >= 4 is 5.82 Å². The Kier molecular flexibility index (Phi) is 1.99. The van der Waals surface area contributed by atoms with Gasteiger partial charge >= 0.3 is 0 Å². The summed E-state index contributed by atoms with van der Waals surface area (Å²) in [5.41, 5.74) is 0. The van der Waals surface area contributed by atoms with Gasteiger partial charge in [-0.25, -0.2) is 4.98 Å². The van der Waals surface area contributed by atoms with Gasteiger partial charge in [-0.2, -0.15) is 5.10 Å². The summed E-state index contributed by atoms with van der Waals surface area (Å²) in [6, 6.07) is 1.90. The summed E-state index contributed by atoms with van der Waals surface area (Å²) in [4.78, 5) is 3.81. The number of anilines is 1. The van der Waals surface area contributed by atoms with Gasteiger partial charge in [0.2, 0.25) is 0 Å². The molecule has 0 saturated heterocycles. The minimum atomic E-state index is 0.608. The highest BCUT2D eigenvalue weighted by atomic mass is 16.3. The fourth-order valence-electron chi connectivity index (χ4n) is 1.02. The average Bonchev–Trinajstić information content (AvgIpc) is 2.71. The van der Waals surface area contributed by atoms with Crippen LogP contribution in [0.15, 0.2) is 29.3 Å². The summed E-state index contributed by atoms with van der Waals surface area (Å²) in [5.74, 6) is 1.63. The summed E-state index contributed by atoms with van der Waals surface area (Å²) < 4.78 is 6.79. The highest BCUT2D eigenvalue weighted by molar-refractivity contribution is 5.32. The van der Waals surface area contributed by atoms with Crippen LogP contribution >= 0.6 is 0 Å². The molecule has 0 radical (unpaired) electrons. The van der Waals surface area contributed by atoms with Crippen LogP contribution in [0.1, 0.15) is 5.76 Å². The quantitative estimate of drug-likeness (QED) is 0.762. The van der Waals surface area contributed by atoms with E-state index in [0.29, 0.717) is 6.54 Å². The fraction of sp³-hybridized carbons (Fsp3) is 0.250. The highest BCUT2D eigenvalue weighted by Gasteiger charge is 1.98. The molecule has 2 aromatic heterocycles. The van der Waals surface area contributed by atoms with Gasteiger partial charge in [-0.3, -0.25) is 4.68 Å². The summed E-state index contributed by atoms with van der Waals surface area (Å²) in [6.45, 7) is 0.608. The first-order chi connectivity index (χ1) is 6.34. The minimum absolute atomic E-state index is 0.608. The predicted octanol–water partition coefficient (Wildman–Crippen LogP) is 1.02. The van der Waals surface area contributed by atoms with Gasteiger partial charge in [-0.15, -0.1) is 0 Å². The second kappa shape index (κ2) is 3.30. The van der Waals surface area contributed by atoms with Crippen LogP contribution in [0.5, 0.6) is 0 Å². The van der Waals surface area contributed by atoms with Crippen molar-refractivity contribution in [2.24, 2.45) is 7.05 Å². The molecule has 0 atom stereocenters. The Hall–Kier alpha value is -1.78. The Bertz CT molecular complexity index is 365. The van der Waals surface area contributed by atoms with E-state index in [0.717, 1.165) is 11.6 Å². The third-order valence-electron chi connectivity index (χ3n) is 1.64. The van der Waals surface area contributed by atoms with E-state index in [1.807, 2.05) is 19.3 Å². The number of aromatic nitrogens is 3. The number of nitrogens with one attached hydrogen (secondary N) is 1. The standard InChI is InChI=1S/C8H10N4O/c1-12-3-2-8(11-12)10-5-7-4-9-6-13-7/h2-4,6H,5H2,1H3,(H,10,11). The first-order valence-electron chi connectivity index (χ1n) is 3.95. The van der Waals surface area contributed by atoms with Crippen molar-refractivity contribution in [2.75, 3.05) is 5.32 Å². The number of hydrogen-bond acceptors (Lipinski definition) is 4. The predicted molar refractivity (Wildman–Crippen MR) is 47.0 cm³/mol. The van der Waals surface area contributed by atoms with Gasteiger partial charge in [-0.1, -0.05) is 0 Å². The van der Waals surface area contributed by atoms with Crippen LogP contribution in [0.25, 0.3) is 0 Å². The van der Waals surface area contributed by atoms with Gasteiger partial charge < -0.3 is 9.73 Å². The lowest BCUT2D eigenvalue weighted by atomic mass is 10.5. The molecule has 2 rings (SSSR count). The molecule has 0 aliphatic carbocycles. The molecule has 5 nitrogen and oxygen atoms in total. The molecule has 68 valence electrons. The molecule has 2 heterocycles. The molecule has 0 spiro atoms. The lowest BCUT2D eigenvalue weighted by molar-refractivity contribution is 0.511. The van der Waals surface area contributed by atoms with E-state index in [2.05, 4.69) is 15.4 Å². The van der Waals surface area contributed by atoms with Crippen LogP contribution in [0.2, 0.25) is 0 Å². The van der Waals surface area contributed by atoms with Crippen molar-refractivity contribution < 1.29 is 4.42 Å². The largest absolute Gasteiger partial charge is 0.447 e. The molecule has 5 heteroatoms. The second-order valence-electron chi connectivity index (χ2n) is 2.70. The smallest absolute Gasteiger partial charge is 0.180 e. The minimum Gasteiger partial charge on any atom is -0.447 e. The lowest BCUT2D eigenvalue weighted by Gasteiger charge is -1.97. The van der Waals surface area contributed by atoms with Crippen LogP contribution in [-0.4, -0.2) is 14.8 Å². The highest BCUT2D eigenvalue weighted by Crippen LogP contribution is 2.04. The molecule has 1 N–H and O–H groups in total. The Labute approximate surface area is 75.4 Å². The van der Waals surface area contributed by atoms with Crippen LogP contribution in [0.4, 0.5) is 5.82 Å². The number of nitrogens with zero attached hydrogens (tertiary/aromatic N) is 3. The van der Waals surface area contributed by atoms with Crippen molar-refractivity contribution in [2.45, 2.75) is 6.54 Å². The van der Waals surface area contributed by atoms with Gasteiger partial charge in [0.1, 0.15) is 11.6 Å². The molecular weight excluding hydrogens is 168 g/mol. The molecular formula is C8H10N4O. The van der Waals surface area contributed by atoms with Crippen molar-refractivity contribution in [1.82, 2.24) is 14.8 Å². The molecule has 0 aromatic carbocycles. The summed E-state index contributed by atoms with van der Waals surface area (Å²) >= 11 is 0. The topological polar surface area (TPSA) is 55.9 Å². The van der Waals surface area contributed by atoms with Gasteiger partial charge in [0.05, 0.1) is 12.7 Å². The van der Waals surface area contributed by atoms with Gasteiger partial charge in [0, 0.05) is 19.3 Å². The zero-order valence-corrected chi connectivity index (χ0v) is 7.27. The second-order valence-corrected chi connectivity index (χ2v) is 2.70. The maximum atomic E-state index is 5.05. The molecule has 0 fully saturated rings. The van der Waals surface area contributed by atoms with Crippen molar-refractivity contribution in [3.05, 3.63) is 30.6 Å². The molecule has 0 unspecified atom stereocenters. The Morgan fingerprint density at radius 2 is 2.54 bits per heavy atom. The third kappa shape index (κ3) is 1.87. The monoisotopic (exact) mass is 178 g/mol. The first-order valence-corrected chi connectivity index (χ1v) is 3.95. The molecule has 2 aromatic rings. The summed E-state index contributed by atoms with van der Waals surface area (Å²) in [6.07, 6.45) is 4.97. The third-order valence-corrected chi connectivity index (χ3v) is 1.64. The summed E-state index contributed by atoms with van der Waals surface area (Å²) in [7, 11) is 1.87. The molecule has 0 bridgehead atoms. The van der Waals surface area contributed by atoms with E-state index in [-0.39, 0.29) is 0 Å². The van der Waals surface area contributed by atoms with Gasteiger partial charge in [0.15, 0.2) is 6.39 Å².